The van der Waals surface area contributed by atoms with E-state index in [2.05, 4.69) is 12.0 Å². The highest BCUT2D eigenvalue weighted by atomic mass is 17.3. The van der Waals surface area contributed by atoms with Gasteiger partial charge in [0.05, 0.1) is 13.3 Å². The van der Waals surface area contributed by atoms with Gasteiger partial charge in [-0.25, -0.2) is 14.8 Å². The van der Waals surface area contributed by atoms with Crippen LogP contribution < -0.4 is 4.74 Å². The van der Waals surface area contributed by atoms with E-state index in [0.29, 0.717) is 5.92 Å². The van der Waals surface area contributed by atoms with Gasteiger partial charge in [0, 0.05) is 18.3 Å². The Morgan fingerprint density at radius 2 is 1.90 bits per heavy atom. The molecule has 2 bridgehead atoms. The molecule has 0 aromatic heterocycles. The van der Waals surface area contributed by atoms with E-state index >= 15 is 0 Å². The second-order valence-corrected chi connectivity index (χ2v) is 9.42. The second-order valence-electron chi connectivity index (χ2n) is 9.42. The fourth-order valence-corrected chi connectivity index (χ4v) is 5.97. The lowest BCUT2D eigenvalue weighted by atomic mass is 9.57. The van der Waals surface area contributed by atoms with Crippen LogP contribution in [0.4, 0.5) is 0 Å². The third kappa shape index (κ3) is 2.82. The normalized spacial score (nSPS) is 42.9. The molecule has 7 heteroatoms. The molecule has 1 aliphatic carbocycles. The fourth-order valence-electron chi connectivity index (χ4n) is 5.97. The van der Waals surface area contributed by atoms with Gasteiger partial charge in [0.25, 0.3) is 0 Å². The maximum Gasteiger partial charge on any atom is 0.248 e. The Morgan fingerprint density at radius 3 is 2.63 bits per heavy atom. The third-order valence-corrected chi connectivity index (χ3v) is 7.69. The van der Waals surface area contributed by atoms with E-state index < -0.39 is 17.6 Å². The molecule has 1 amide bonds. The molecule has 0 radical (unpaired) electrons. The van der Waals surface area contributed by atoms with Gasteiger partial charge in [0.15, 0.2) is 11.8 Å². The van der Waals surface area contributed by atoms with Crippen molar-refractivity contribution in [2.45, 2.75) is 64.1 Å². The van der Waals surface area contributed by atoms with Crippen molar-refractivity contribution in [3.63, 3.8) is 0 Å². The van der Waals surface area contributed by atoms with Crippen molar-refractivity contribution in [2.75, 3.05) is 7.11 Å². The number of ether oxygens (including phenoxy) is 2. The van der Waals surface area contributed by atoms with Gasteiger partial charge in [-0.3, -0.25) is 4.79 Å². The van der Waals surface area contributed by atoms with Crippen molar-refractivity contribution in [3.05, 3.63) is 29.8 Å². The number of rotatable bonds is 3. The van der Waals surface area contributed by atoms with Crippen molar-refractivity contribution in [1.82, 2.24) is 5.01 Å². The molecule has 30 heavy (non-hydrogen) atoms. The van der Waals surface area contributed by atoms with Crippen LogP contribution in [-0.4, -0.2) is 41.9 Å². The van der Waals surface area contributed by atoms with Crippen LogP contribution in [0.5, 0.6) is 5.75 Å². The van der Waals surface area contributed by atoms with E-state index in [1.54, 1.807) is 13.3 Å². The summed E-state index contributed by atoms with van der Waals surface area (Å²) in [5.74, 6) is 0.480. The minimum Gasteiger partial charge on any atom is -0.497 e. The van der Waals surface area contributed by atoms with Gasteiger partial charge in [0.1, 0.15) is 5.75 Å². The van der Waals surface area contributed by atoms with Crippen molar-refractivity contribution in [1.29, 1.82) is 0 Å². The maximum atomic E-state index is 13.4. The molecule has 1 saturated carbocycles. The third-order valence-electron chi connectivity index (χ3n) is 7.69. The zero-order valence-electron chi connectivity index (χ0n) is 18.0. The predicted octanol–water partition coefficient (Wildman–Crippen LogP) is 3.72. The lowest BCUT2D eigenvalue weighted by Gasteiger charge is -2.60. The zero-order valence-corrected chi connectivity index (χ0v) is 18.0. The first-order chi connectivity index (χ1) is 14.4. The first-order valence-electron chi connectivity index (χ1n) is 10.9. The molecule has 1 aromatic carbocycles. The summed E-state index contributed by atoms with van der Waals surface area (Å²) in [5, 5.41) is 6.14. The Balaban J connectivity index is 1.55. The smallest absolute Gasteiger partial charge is 0.248 e. The molecular weight excluding hydrogens is 384 g/mol. The molecule has 4 saturated heterocycles. The number of methoxy groups -OCH3 is 1. The number of fused-ring (bicyclic) bond motifs is 2. The second kappa shape index (κ2) is 7.04. The fraction of sp³-hybridized carbons (Fsp3) is 0.652. The summed E-state index contributed by atoms with van der Waals surface area (Å²) >= 11 is 0. The van der Waals surface area contributed by atoms with E-state index in [4.69, 9.17) is 19.2 Å². The summed E-state index contributed by atoms with van der Waals surface area (Å²) in [6, 6.07) is 7.57. The summed E-state index contributed by atoms with van der Waals surface area (Å²) < 4.78 is 11.7. The highest BCUT2D eigenvalue weighted by molar-refractivity contribution is 5.84. The van der Waals surface area contributed by atoms with Crippen molar-refractivity contribution < 1.29 is 24.0 Å². The Bertz CT molecular complexity index is 858. The summed E-state index contributed by atoms with van der Waals surface area (Å²) in [6.45, 7) is 6.16. The number of nitrogens with zero attached hydrogens (tertiary/aromatic N) is 2. The average molecular weight is 415 g/mol. The molecule has 1 aromatic rings. The number of hydrazone groups is 1. The molecule has 4 aliphatic heterocycles. The van der Waals surface area contributed by atoms with Gasteiger partial charge in [-0.05, 0) is 67.9 Å². The number of hydrogen-bond acceptors (Lipinski definition) is 6. The molecule has 1 spiro atoms. The number of carbonyl (C=O) groups is 1. The molecule has 4 heterocycles. The first-order valence-corrected chi connectivity index (χ1v) is 10.9. The minimum absolute atomic E-state index is 0.0200. The summed E-state index contributed by atoms with van der Waals surface area (Å²) in [5.41, 5.74) is 0.199. The minimum atomic E-state index is -0.869. The number of piperidine rings is 1. The van der Waals surface area contributed by atoms with E-state index in [0.717, 1.165) is 37.0 Å². The van der Waals surface area contributed by atoms with Crippen molar-refractivity contribution in [3.8, 4) is 5.75 Å². The quantitative estimate of drug-likeness (QED) is 0.557. The molecule has 5 fully saturated rings. The van der Waals surface area contributed by atoms with Crippen LogP contribution in [-0.2, 0) is 19.3 Å². The van der Waals surface area contributed by atoms with Crippen LogP contribution in [0.15, 0.2) is 29.4 Å². The van der Waals surface area contributed by atoms with Gasteiger partial charge in [0.2, 0.25) is 11.7 Å². The topological polar surface area (TPSA) is 69.6 Å². The van der Waals surface area contributed by atoms with Gasteiger partial charge >= 0.3 is 0 Å². The molecule has 0 N–H and O–H groups in total. The molecule has 5 aliphatic rings. The molecule has 7 atom stereocenters. The molecule has 0 unspecified atom stereocenters. The summed E-state index contributed by atoms with van der Waals surface area (Å²) in [6.07, 6.45) is 4.84. The largest absolute Gasteiger partial charge is 0.497 e. The van der Waals surface area contributed by atoms with Gasteiger partial charge in [-0.15, -0.1) is 0 Å². The molecule has 162 valence electrons. The number of carbonyl (C=O) groups excluding carboxylic acids is 1. The van der Waals surface area contributed by atoms with Crippen LogP contribution in [0.1, 0.15) is 52.0 Å². The van der Waals surface area contributed by atoms with Crippen LogP contribution in [0.2, 0.25) is 0 Å². The van der Waals surface area contributed by atoms with Gasteiger partial charge < -0.3 is 9.47 Å². The van der Waals surface area contributed by atoms with E-state index in [1.165, 1.54) is 5.01 Å². The van der Waals surface area contributed by atoms with Crippen LogP contribution in [0.25, 0.3) is 0 Å². The lowest BCUT2D eigenvalue weighted by molar-refractivity contribution is -0.547. The van der Waals surface area contributed by atoms with E-state index in [-0.39, 0.29) is 23.7 Å². The molecular formula is C23H30N2O5. The monoisotopic (exact) mass is 414 g/mol. The van der Waals surface area contributed by atoms with Crippen molar-refractivity contribution >= 4 is 12.1 Å². The molecule has 6 rings (SSSR count). The Morgan fingerprint density at radius 1 is 1.13 bits per heavy atom. The van der Waals surface area contributed by atoms with E-state index in [1.807, 2.05) is 38.1 Å². The van der Waals surface area contributed by atoms with Gasteiger partial charge in [-0.1, -0.05) is 13.8 Å². The summed E-state index contributed by atoms with van der Waals surface area (Å²) in [4.78, 5) is 25.5. The van der Waals surface area contributed by atoms with Gasteiger partial charge in [-0.2, -0.15) is 5.10 Å². The Kier molecular flexibility index (Phi) is 4.69. The number of benzene rings is 1. The van der Waals surface area contributed by atoms with Crippen molar-refractivity contribution in [2.24, 2.45) is 28.8 Å². The van der Waals surface area contributed by atoms with E-state index in [9.17, 15) is 4.79 Å². The Hall–Kier alpha value is -1.96. The predicted molar refractivity (Wildman–Crippen MR) is 109 cm³/mol. The average Bonchev–Trinajstić information content (AvgIpc) is 2.99. The maximum absolute atomic E-state index is 13.4. The summed E-state index contributed by atoms with van der Waals surface area (Å²) in [7, 11) is 1.63. The lowest BCUT2D eigenvalue weighted by Crippen LogP contribution is -2.74. The number of amides is 1. The number of hydrogen-bond donors (Lipinski definition) is 0. The highest BCUT2D eigenvalue weighted by Gasteiger charge is 2.70. The SMILES string of the molecule is COc1ccc(/C=N/N2C(=O)[C@H](C)[C@@H]3CC[C@@H](C)[C@@H]4CC[C@@]5(C)OO[C@]43[C@H]2O5)cc1. The Labute approximate surface area is 177 Å². The standard InChI is InChI=1S/C23H30N2O5/c1-14-5-10-19-15(2)20(26)25(24-13-16-6-8-17(27-4)9-7-16)21-23(19)18(14)11-12-22(3,28-21)29-30-23/h6-9,13-15,18-19,21H,5,10-12H2,1-4H3/b24-13+/t14-,15-,18+,19+,21-,22-,23-/m1/s1. The zero-order chi connectivity index (χ0) is 21.1. The molecule has 7 nitrogen and oxygen atoms in total. The van der Waals surface area contributed by atoms with Crippen LogP contribution in [0, 0.1) is 23.7 Å². The highest BCUT2D eigenvalue weighted by Crippen LogP contribution is 2.60. The first kappa shape index (κ1) is 20.0. The van der Waals surface area contributed by atoms with Crippen LogP contribution >= 0.6 is 0 Å². The van der Waals surface area contributed by atoms with Crippen LogP contribution in [0.3, 0.4) is 0 Å².